The standard InChI is InChI=1S/C34H36O13/c1-20(35)44-25-14-11-23(12-15-25)13-16-31(38)43-19-30(47-33-26(39-4)9-8-10-27(33)40-5)32(45-21(2)36)24-17-28(41-6)34(46-22(3)37)29(18-24)42-7/h8-18,30,32H,19H2,1-7H3/b16-13+/t30-,32+/m1/s1. The fourth-order valence-electron chi connectivity index (χ4n) is 4.30. The number of rotatable bonds is 15. The lowest BCUT2D eigenvalue weighted by Gasteiger charge is -2.29. The SMILES string of the molecule is COc1cc([C@H](OC(C)=O)[C@@H](COC(=O)/C=C/c2ccc(OC(C)=O)cc2)Oc2c(OC)cccc2OC)cc(OC)c1OC(C)=O. The summed E-state index contributed by atoms with van der Waals surface area (Å²) >= 11 is 0. The molecule has 3 rings (SSSR count). The van der Waals surface area contributed by atoms with Gasteiger partial charge in [0.2, 0.25) is 11.5 Å². The van der Waals surface area contributed by atoms with Gasteiger partial charge in [0.05, 0.1) is 28.4 Å². The average molecular weight is 653 g/mol. The van der Waals surface area contributed by atoms with Gasteiger partial charge >= 0.3 is 23.9 Å². The molecule has 13 nitrogen and oxygen atoms in total. The number of para-hydroxylation sites is 1. The van der Waals surface area contributed by atoms with E-state index in [-0.39, 0.29) is 23.0 Å². The van der Waals surface area contributed by atoms with Crippen LogP contribution in [0.5, 0.6) is 40.2 Å². The first-order chi connectivity index (χ1) is 22.5. The van der Waals surface area contributed by atoms with Gasteiger partial charge in [-0.05, 0) is 48.0 Å². The molecule has 0 saturated heterocycles. The maximum Gasteiger partial charge on any atom is 0.330 e. The Balaban J connectivity index is 2.02. The first-order valence-electron chi connectivity index (χ1n) is 14.1. The minimum absolute atomic E-state index is 0.00847. The molecule has 0 aliphatic carbocycles. The van der Waals surface area contributed by atoms with Crippen molar-refractivity contribution in [2.75, 3.05) is 35.0 Å². The molecule has 3 aromatic carbocycles. The summed E-state index contributed by atoms with van der Waals surface area (Å²) in [6.07, 6.45) is 0.273. The molecule has 47 heavy (non-hydrogen) atoms. The van der Waals surface area contributed by atoms with E-state index < -0.39 is 42.7 Å². The zero-order chi connectivity index (χ0) is 34.5. The normalized spacial score (nSPS) is 11.9. The van der Waals surface area contributed by atoms with Crippen molar-refractivity contribution < 1.29 is 61.8 Å². The highest BCUT2D eigenvalue weighted by Crippen LogP contribution is 2.43. The molecule has 0 aliphatic rings. The number of carbonyl (C=O) groups is 4. The average Bonchev–Trinajstić information content (AvgIpc) is 3.04. The minimum Gasteiger partial charge on any atom is -0.493 e. The molecule has 0 amide bonds. The number of esters is 4. The first-order valence-corrected chi connectivity index (χ1v) is 14.1. The highest BCUT2D eigenvalue weighted by molar-refractivity contribution is 5.87. The van der Waals surface area contributed by atoms with Gasteiger partial charge in [-0.15, -0.1) is 0 Å². The molecule has 250 valence electrons. The molecule has 0 spiro atoms. The van der Waals surface area contributed by atoms with Gasteiger partial charge in [0, 0.05) is 32.4 Å². The van der Waals surface area contributed by atoms with E-state index in [1.165, 1.54) is 73.5 Å². The van der Waals surface area contributed by atoms with Crippen molar-refractivity contribution in [2.45, 2.75) is 33.0 Å². The summed E-state index contributed by atoms with van der Waals surface area (Å²) in [4.78, 5) is 48.2. The highest BCUT2D eigenvalue weighted by Gasteiger charge is 2.33. The van der Waals surface area contributed by atoms with Crippen LogP contribution < -0.4 is 33.2 Å². The van der Waals surface area contributed by atoms with Gasteiger partial charge in [-0.2, -0.15) is 0 Å². The van der Waals surface area contributed by atoms with E-state index in [4.69, 9.17) is 42.6 Å². The number of methoxy groups -OCH3 is 4. The van der Waals surface area contributed by atoms with Crippen LogP contribution in [0.1, 0.15) is 38.0 Å². The summed E-state index contributed by atoms with van der Waals surface area (Å²) < 4.78 is 49.8. The molecule has 0 N–H and O–H groups in total. The predicted molar refractivity (Wildman–Crippen MR) is 167 cm³/mol. The molecule has 3 aromatic rings. The number of hydrogen-bond donors (Lipinski definition) is 0. The second kappa shape index (κ2) is 17.1. The lowest BCUT2D eigenvalue weighted by atomic mass is 10.0. The Morgan fingerprint density at radius 2 is 1.23 bits per heavy atom. The van der Waals surface area contributed by atoms with Crippen LogP contribution >= 0.6 is 0 Å². The predicted octanol–water partition coefficient (Wildman–Crippen LogP) is 4.88. The maximum absolute atomic E-state index is 12.9. The number of hydrogen-bond acceptors (Lipinski definition) is 13. The van der Waals surface area contributed by atoms with Gasteiger partial charge in [-0.25, -0.2) is 4.79 Å². The molecule has 13 heteroatoms. The molecule has 0 bridgehead atoms. The molecule has 0 heterocycles. The molecular weight excluding hydrogens is 616 g/mol. The third-order valence-electron chi connectivity index (χ3n) is 6.28. The summed E-state index contributed by atoms with van der Waals surface area (Å²) in [7, 11) is 5.59. The lowest BCUT2D eigenvalue weighted by Crippen LogP contribution is -2.34. The molecule has 0 unspecified atom stereocenters. The number of ether oxygens (including phenoxy) is 9. The highest BCUT2D eigenvalue weighted by atomic mass is 16.6. The van der Waals surface area contributed by atoms with E-state index in [9.17, 15) is 19.2 Å². The molecule has 2 atom stereocenters. The monoisotopic (exact) mass is 652 g/mol. The summed E-state index contributed by atoms with van der Waals surface area (Å²) in [6, 6.07) is 14.4. The van der Waals surface area contributed by atoms with E-state index in [0.717, 1.165) is 0 Å². The quantitative estimate of drug-likeness (QED) is 0.125. The summed E-state index contributed by atoms with van der Waals surface area (Å²) in [5, 5.41) is 0. The van der Waals surface area contributed by atoms with E-state index in [2.05, 4.69) is 0 Å². The Bertz CT molecular complexity index is 1550. The van der Waals surface area contributed by atoms with E-state index in [1.54, 1.807) is 42.5 Å². The summed E-state index contributed by atoms with van der Waals surface area (Å²) in [6.45, 7) is 3.29. The van der Waals surface area contributed by atoms with Crippen LogP contribution in [0.3, 0.4) is 0 Å². The Labute approximate surface area is 271 Å². The number of benzene rings is 3. The van der Waals surface area contributed by atoms with Crippen LogP contribution in [0.25, 0.3) is 6.08 Å². The zero-order valence-electron chi connectivity index (χ0n) is 27.0. The van der Waals surface area contributed by atoms with Crippen molar-refractivity contribution in [3.63, 3.8) is 0 Å². The summed E-state index contributed by atoms with van der Waals surface area (Å²) in [5.41, 5.74) is 0.928. The van der Waals surface area contributed by atoms with Crippen LogP contribution in [0.4, 0.5) is 0 Å². The summed E-state index contributed by atoms with van der Waals surface area (Å²) in [5.74, 6) is -1.20. The van der Waals surface area contributed by atoms with Crippen LogP contribution in [-0.4, -0.2) is 65.0 Å². The molecule has 0 fully saturated rings. The van der Waals surface area contributed by atoms with Crippen molar-refractivity contribution >= 4 is 30.0 Å². The van der Waals surface area contributed by atoms with Gasteiger partial charge in [0.15, 0.2) is 35.2 Å². The molecule has 0 aliphatic heterocycles. The second-order valence-electron chi connectivity index (χ2n) is 9.65. The first kappa shape index (κ1) is 35.8. The maximum atomic E-state index is 12.9. The smallest absolute Gasteiger partial charge is 0.330 e. The third-order valence-corrected chi connectivity index (χ3v) is 6.28. The Hall–Kier alpha value is -5.72. The molecule has 0 radical (unpaired) electrons. The topological polar surface area (TPSA) is 151 Å². The van der Waals surface area contributed by atoms with Gasteiger partial charge in [-0.3, -0.25) is 14.4 Å². The van der Waals surface area contributed by atoms with Crippen molar-refractivity contribution in [1.29, 1.82) is 0 Å². The Morgan fingerprint density at radius 1 is 0.681 bits per heavy atom. The molecule has 0 saturated carbocycles. The fourth-order valence-corrected chi connectivity index (χ4v) is 4.30. The van der Waals surface area contributed by atoms with Gasteiger partial charge < -0.3 is 42.6 Å². The Morgan fingerprint density at radius 3 is 1.72 bits per heavy atom. The van der Waals surface area contributed by atoms with Crippen molar-refractivity contribution in [1.82, 2.24) is 0 Å². The minimum atomic E-state index is -1.23. The van der Waals surface area contributed by atoms with Crippen LogP contribution in [0.15, 0.2) is 60.7 Å². The van der Waals surface area contributed by atoms with Crippen molar-refractivity contribution in [3.05, 3.63) is 71.8 Å². The van der Waals surface area contributed by atoms with Gasteiger partial charge in [0.1, 0.15) is 12.4 Å². The van der Waals surface area contributed by atoms with E-state index in [1.807, 2.05) is 0 Å². The van der Waals surface area contributed by atoms with E-state index in [0.29, 0.717) is 28.4 Å². The van der Waals surface area contributed by atoms with Crippen molar-refractivity contribution in [2.24, 2.45) is 0 Å². The van der Waals surface area contributed by atoms with Crippen LogP contribution in [0.2, 0.25) is 0 Å². The van der Waals surface area contributed by atoms with Crippen LogP contribution in [-0.2, 0) is 28.7 Å². The largest absolute Gasteiger partial charge is 0.493 e. The Kier molecular flexibility index (Phi) is 13.0. The van der Waals surface area contributed by atoms with Gasteiger partial charge in [0.25, 0.3) is 0 Å². The molecular formula is C34H36O13. The molecule has 0 aromatic heterocycles. The fraction of sp³-hybridized carbons (Fsp3) is 0.294. The second-order valence-corrected chi connectivity index (χ2v) is 9.65. The lowest BCUT2D eigenvalue weighted by molar-refractivity contribution is -0.156. The number of carbonyl (C=O) groups excluding carboxylic acids is 4. The van der Waals surface area contributed by atoms with Gasteiger partial charge in [-0.1, -0.05) is 18.2 Å². The van der Waals surface area contributed by atoms with Crippen LogP contribution in [0, 0.1) is 0 Å². The van der Waals surface area contributed by atoms with Crippen molar-refractivity contribution in [3.8, 4) is 40.2 Å². The van der Waals surface area contributed by atoms with E-state index >= 15 is 0 Å². The third kappa shape index (κ3) is 10.1. The zero-order valence-corrected chi connectivity index (χ0v) is 27.0.